The Morgan fingerprint density at radius 1 is 1.23 bits per heavy atom. The maximum Gasteiger partial charge on any atom is 0.315 e. The quantitative estimate of drug-likeness (QED) is 0.858. The van der Waals surface area contributed by atoms with Gasteiger partial charge in [0.15, 0.2) is 0 Å². The Bertz CT molecular complexity index is 504. The van der Waals surface area contributed by atoms with Gasteiger partial charge in [0.05, 0.1) is 12.0 Å². The number of nitrogens with one attached hydrogen (secondary N) is 2. The van der Waals surface area contributed by atoms with E-state index in [4.69, 9.17) is 0 Å². The smallest absolute Gasteiger partial charge is 0.315 e. The molecule has 1 saturated carbocycles. The SMILES string of the molecule is C[C@@H]1CCCC[C@@H]1NC(=O)N[C@@H](Cc1ccccc1)C(=O)[O-]. The summed E-state index contributed by atoms with van der Waals surface area (Å²) in [5.41, 5.74) is 0.850. The number of carboxylic acid groups (broad SMARTS) is 1. The number of hydrogen-bond acceptors (Lipinski definition) is 3. The molecule has 0 bridgehead atoms. The molecule has 22 heavy (non-hydrogen) atoms. The molecular weight excluding hydrogens is 280 g/mol. The Balaban J connectivity index is 1.90. The summed E-state index contributed by atoms with van der Waals surface area (Å²) in [5.74, 6) is -0.842. The van der Waals surface area contributed by atoms with E-state index in [1.165, 1.54) is 6.42 Å². The standard InChI is InChI=1S/C17H24N2O3/c1-12-7-5-6-10-14(12)18-17(22)19-15(16(20)21)11-13-8-3-2-4-9-13/h2-4,8-9,12,14-15H,5-7,10-11H2,1H3,(H,20,21)(H2,18,19,22)/p-1/t12-,14+,15+/m1/s1. The van der Waals surface area contributed by atoms with Crippen LogP contribution >= 0.6 is 0 Å². The average molecular weight is 303 g/mol. The predicted molar refractivity (Wildman–Crippen MR) is 82.0 cm³/mol. The Morgan fingerprint density at radius 2 is 1.91 bits per heavy atom. The average Bonchev–Trinajstić information content (AvgIpc) is 2.50. The van der Waals surface area contributed by atoms with Crippen molar-refractivity contribution in [2.75, 3.05) is 0 Å². The van der Waals surface area contributed by atoms with Gasteiger partial charge in [0, 0.05) is 6.04 Å². The van der Waals surface area contributed by atoms with E-state index in [1.807, 2.05) is 30.3 Å². The Morgan fingerprint density at radius 3 is 2.55 bits per heavy atom. The first kappa shape index (κ1) is 16.3. The lowest BCUT2D eigenvalue weighted by Crippen LogP contribution is -2.54. The molecule has 5 heteroatoms. The highest BCUT2D eigenvalue weighted by Crippen LogP contribution is 2.23. The molecule has 0 aromatic heterocycles. The van der Waals surface area contributed by atoms with Gasteiger partial charge in [-0.3, -0.25) is 0 Å². The van der Waals surface area contributed by atoms with E-state index in [9.17, 15) is 14.7 Å². The number of rotatable bonds is 5. The lowest BCUT2D eigenvalue weighted by atomic mass is 9.86. The minimum Gasteiger partial charge on any atom is -0.548 e. The lowest BCUT2D eigenvalue weighted by Gasteiger charge is -2.30. The van der Waals surface area contributed by atoms with Crippen LogP contribution in [-0.2, 0) is 11.2 Å². The van der Waals surface area contributed by atoms with Crippen LogP contribution in [-0.4, -0.2) is 24.1 Å². The molecule has 2 amide bonds. The highest BCUT2D eigenvalue weighted by molar-refractivity contribution is 5.82. The summed E-state index contributed by atoms with van der Waals surface area (Å²) in [5, 5.41) is 16.7. The van der Waals surface area contributed by atoms with Crippen LogP contribution in [0.1, 0.15) is 38.2 Å². The van der Waals surface area contributed by atoms with E-state index < -0.39 is 18.0 Å². The fourth-order valence-electron chi connectivity index (χ4n) is 2.94. The van der Waals surface area contributed by atoms with Crippen LogP contribution in [0.4, 0.5) is 4.79 Å². The minimum absolute atomic E-state index is 0.118. The number of aliphatic carboxylic acids is 1. The van der Waals surface area contributed by atoms with Crippen LogP contribution in [0.15, 0.2) is 30.3 Å². The van der Waals surface area contributed by atoms with E-state index in [-0.39, 0.29) is 12.5 Å². The van der Waals surface area contributed by atoms with E-state index in [1.54, 1.807) is 0 Å². The zero-order valence-electron chi connectivity index (χ0n) is 12.9. The van der Waals surface area contributed by atoms with E-state index in [0.29, 0.717) is 5.92 Å². The molecule has 0 spiro atoms. The Labute approximate surface area is 131 Å². The predicted octanol–water partition coefficient (Wildman–Crippen LogP) is 1.23. The Hall–Kier alpha value is -2.04. The monoisotopic (exact) mass is 303 g/mol. The molecule has 1 aromatic carbocycles. The number of amides is 2. The van der Waals surface area contributed by atoms with Crippen molar-refractivity contribution in [3.63, 3.8) is 0 Å². The topological polar surface area (TPSA) is 81.3 Å². The molecule has 0 aliphatic heterocycles. The van der Waals surface area contributed by atoms with Crippen molar-refractivity contribution in [1.82, 2.24) is 10.6 Å². The first-order valence-electron chi connectivity index (χ1n) is 7.88. The molecule has 1 aromatic rings. The molecule has 0 heterocycles. The zero-order valence-corrected chi connectivity index (χ0v) is 12.9. The van der Waals surface area contributed by atoms with Gasteiger partial charge in [-0.2, -0.15) is 0 Å². The molecule has 1 fully saturated rings. The summed E-state index contributed by atoms with van der Waals surface area (Å²) >= 11 is 0. The van der Waals surface area contributed by atoms with Crippen LogP contribution in [0.5, 0.6) is 0 Å². The fraction of sp³-hybridized carbons (Fsp3) is 0.529. The van der Waals surface area contributed by atoms with E-state index in [0.717, 1.165) is 24.8 Å². The second-order valence-corrected chi connectivity index (χ2v) is 6.05. The second kappa shape index (κ2) is 7.82. The Kier molecular flexibility index (Phi) is 5.81. The molecule has 3 atom stereocenters. The number of hydrogen-bond donors (Lipinski definition) is 2. The highest BCUT2D eigenvalue weighted by Gasteiger charge is 2.24. The van der Waals surface area contributed by atoms with E-state index in [2.05, 4.69) is 17.6 Å². The van der Waals surface area contributed by atoms with Crippen LogP contribution in [0, 0.1) is 5.92 Å². The van der Waals surface area contributed by atoms with Gasteiger partial charge < -0.3 is 20.5 Å². The van der Waals surface area contributed by atoms with Crippen LogP contribution in [0.2, 0.25) is 0 Å². The third kappa shape index (κ3) is 4.76. The van der Waals surface area contributed by atoms with Crippen molar-refractivity contribution < 1.29 is 14.7 Å². The summed E-state index contributed by atoms with van der Waals surface area (Å²) in [7, 11) is 0. The minimum atomic E-state index is -1.27. The van der Waals surface area contributed by atoms with Crippen molar-refractivity contribution in [2.24, 2.45) is 5.92 Å². The van der Waals surface area contributed by atoms with Crippen LogP contribution in [0.3, 0.4) is 0 Å². The summed E-state index contributed by atoms with van der Waals surface area (Å²) in [6.07, 6.45) is 4.55. The van der Waals surface area contributed by atoms with Gasteiger partial charge in [0.1, 0.15) is 0 Å². The number of carboxylic acids is 1. The summed E-state index contributed by atoms with van der Waals surface area (Å²) in [6, 6.07) is 7.87. The molecular formula is C17H23N2O3-. The van der Waals surface area contributed by atoms with Crippen molar-refractivity contribution in [3.8, 4) is 0 Å². The summed E-state index contributed by atoms with van der Waals surface area (Å²) in [6.45, 7) is 2.12. The van der Waals surface area contributed by atoms with Crippen molar-refractivity contribution in [3.05, 3.63) is 35.9 Å². The molecule has 2 rings (SSSR count). The number of urea groups is 1. The number of benzene rings is 1. The maximum atomic E-state index is 12.0. The highest BCUT2D eigenvalue weighted by atomic mass is 16.4. The molecule has 0 saturated heterocycles. The number of carbonyl (C=O) groups excluding carboxylic acids is 2. The largest absolute Gasteiger partial charge is 0.548 e. The molecule has 0 unspecified atom stereocenters. The van der Waals surface area contributed by atoms with Gasteiger partial charge in [0.25, 0.3) is 0 Å². The summed E-state index contributed by atoms with van der Waals surface area (Å²) in [4.78, 5) is 23.3. The second-order valence-electron chi connectivity index (χ2n) is 6.05. The van der Waals surface area contributed by atoms with Gasteiger partial charge in [0.2, 0.25) is 0 Å². The van der Waals surface area contributed by atoms with Gasteiger partial charge in [-0.05, 0) is 30.7 Å². The lowest BCUT2D eigenvalue weighted by molar-refractivity contribution is -0.308. The molecule has 1 aliphatic rings. The van der Waals surface area contributed by atoms with Crippen molar-refractivity contribution in [1.29, 1.82) is 0 Å². The number of carbonyl (C=O) groups is 2. The van der Waals surface area contributed by atoms with Crippen molar-refractivity contribution >= 4 is 12.0 Å². The third-order valence-electron chi connectivity index (χ3n) is 4.30. The third-order valence-corrected chi connectivity index (χ3v) is 4.30. The van der Waals surface area contributed by atoms with Crippen molar-refractivity contribution in [2.45, 2.75) is 51.1 Å². The first-order valence-corrected chi connectivity index (χ1v) is 7.88. The molecule has 2 N–H and O–H groups in total. The summed E-state index contributed by atoms with van der Waals surface area (Å²) < 4.78 is 0. The van der Waals surface area contributed by atoms with Crippen LogP contribution in [0.25, 0.3) is 0 Å². The van der Waals surface area contributed by atoms with Gasteiger partial charge in [-0.15, -0.1) is 0 Å². The van der Waals surface area contributed by atoms with Gasteiger partial charge >= 0.3 is 6.03 Å². The maximum absolute atomic E-state index is 12.0. The van der Waals surface area contributed by atoms with Gasteiger partial charge in [-0.25, -0.2) is 4.79 Å². The molecule has 0 radical (unpaired) electrons. The molecule has 1 aliphatic carbocycles. The zero-order chi connectivity index (χ0) is 15.9. The molecule has 5 nitrogen and oxygen atoms in total. The molecule has 120 valence electrons. The van der Waals surface area contributed by atoms with Crippen LogP contribution < -0.4 is 15.7 Å². The normalized spacial score (nSPS) is 22.6. The fourth-order valence-corrected chi connectivity index (χ4v) is 2.94. The van der Waals surface area contributed by atoms with Gasteiger partial charge in [-0.1, -0.05) is 50.1 Å². The first-order chi connectivity index (χ1) is 10.6. The van der Waals surface area contributed by atoms with E-state index >= 15 is 0 Å².